The number of benzene rings is 1. The Balaban J connectivity index is 0.000000364. The Morgan fingerprint density at radius 2 is 1.69 bits per heavy atom. The van der Waals surface area contributed by atoms with E-state index in [1.807, 2.05) is 53.2 Å². The summed E-state index contributed by atoms with van der Waals surface area (Å²) in [5.41, 5.74) is 1.87. The number of carboxylic acid groups (broad SMARTS) is 1. The quantitative estimate of drug-likeness (QED) is 0.581. The van der Waals surface area contributed by atoms with E-state index >= 15 is 0 Å². The maximum atomic E-state index is 12.7. The minimum absolute atomic E-state index is 0.202. The molecule has 0 radical (unpaired) electrons. The molecule has 2 atom stereocenters. The molecule has 35 heavy (non-hydrogen) atoms. The summed E-state index contributed by atoms with van der Waals surface area (Å²) in [6.07, 6.45) is -2.37. The summed E-state index contributed by atoms with van der Waals surface area (Å²) in [5, 5.41) is 18.5. The van der Waals surface area contributed by atoms with Crippen LogP contribution in [0.25, 0.3) is 0 Å². The molecule has 2 unspecified atom stereocenters. The number of alkyl halides is 3. The van der Waals surface area contributed by atoms with Gasteiger partial charge in [-0.15, -0.1) is 10.2 Å². The lowest BCUT2D eigenvalue weighted by molar-refractivity contribution is -0.192. The predicted octanol–water partition coefficient (Wildman–Crippen LogP) is 2.86. The summed E-state index contributed by atoms with van der Waals surface area (Å²) in [6.45, 7) is 3.72. The molecule has 2 N–H and O–H groups in total. The number of para-hydroxylation sites is 1. The molecule has 3 aromatic rings. The first kappa shape index (κ1) is 24.3. The molecule has 1 amide bonds. The number of likely N-dealkylation sites (tertiary alicyclic amines) is 1. The molecular formula is C23H23F3N6O3. The van der Waals surface area contributed by atoms with Crippen LogP contribution in [-0.4, -0.2) is 60.9 Å². The molecule has 4 heterocycles. The molecule has 0 bridgehead atoms. The number of nitrogens with zero attached hydrogens (tertiary/aromatic N) is 5. The van der Waals surface area contributed by atoms with Crippen molar-refractivity contribution in [2.75, 3.05) is 18.4 Å². The number of fused-ring (bicyclic) bond motifs is 2. The van der Waals surface area contributed by atoms with E-state index in [0.717, 1.165) is 49.8 Å². The summed E-state index contributed by atoms with van der Waals surface area (Å²) < 4.78 is 33.7. The number of carbonyl (C=O) groups excluding carboxylic acids is 1. The van der Waals surface area contributed by atoms with Gasteiger partial charge in [0.05, 0.1) is 5.69 Å². The van der Waals surface area contributed by atoms with E-state index in [1.165, 1.54) is 0 Å². The van der Waals surface area contributed by atoms with E-state index in [2.05, 4.69) is 31.5 Å². The molecule has 12 heteroatoms. The van der Waals surface area contributed by atoms with E-state index in [1.54, 1.807) is 0 Å². The van der Waals surface area contributed by atoms with E-state index in [0.29, 0.717) is 17.7 Å². The van der Waals surface area contributed by atoms with Gasteiger partial charge in [0.2, 0.25) is 5.82 Å². The number of pyridine rings is 1. The van der Waals surface area contributed by atoms with Crippen LogP contribution in [-0.2, 0) is 24.3 Å². The molecule has 0 aliphatic carbocycles. The highest BCUT2D eigenvalue weighted by atomic mass is 19.4. The van der Waals surface area contributed by atoms with Gasteiger partial charge in [-0.1, -0.05) is 24.3 Å². The lowest BCUT2D eigenvalue weighted by Gasteiger charge is -2.25. The zero-order chi connectivity index (χ0) is 25.0. The second-order valence-corrected chi connectivity index (χ2v) is 8.41. The van der Waals surface area contributed by atoms with Crippen LogP contribution in [0.1, 0.15) is 22.1 Å². The third-order valence-corrected chi connectivity index (χ3v) is 5.93. The summed E-state index contributed by atoms with van der Waals surface area (Å²) >= 11 is 0. The Morgan fingerprint density at radius 3 is 2.34 bits per heavy atom. The number of hydrogen-bond acceptors (Lipinski definition) is 6. The normalized spacial score (nSPS) is 19.2. The number of amides is 1. The van der Waals surface area contributed by atoms with Gasteiger partial charge in [-0.3, -0.25) is 14.7 Å². The van der Waals surface area contributed by atoms with Gasteiger partial charge in [0.1, 0.15) is 5.82 Å². The fourth-order valence-electron chi connectivity index (χ4n) is 4.35. The molecule has 1 saturated heterocycles. The number of carboxylic acids is 1. The van der Waals surface area contributed by atoms with Crippen LogP contribution in [0.5, 0.6) is 0 Å². The van der Waals surface area contributed by atoms with E-state index < -0.39 is 12.1 Å². The number of rotatable bonds is 4. The maximum absolute atomic E-state index is 12.7. The standard InChI is InChI=1S/C21H22N6O.C2HF3O2/c28-21(23-17-6-2-1-3-7-17)20-25-24-19-10-15-11-26(12-16(15)13-27(19)20)14-18-8-4-5-9-22-18;3-2(4,5)1(6)7/h1-9,15-16H,10-14H2,(H,23,28);(H,6,7). The van der Waals surface area contributed by atoms with Crippen LogP contribution < -0.4 is 5.32 Å². The lowest BCUT2D eigenvalue weighted by Crippen LogP contribution is -2.31. The molecule has 1 fully saturated rings. The van der Waals surface area contributed by atoms with Gasteiger partial charge in [0.25, 0.3) is 5.91 Å². The van der Waals surface area contributed by atoms with E-state index in [9.17, 15) is 18.0 Å². The molecular weight excluding hydrogens is 465 g/mol. The number of hydrogen-bond donors (Lipinski definition) is 2. The van der Waals surface area contributed by atoms with Gasteiger partial charge < -0.3 is 15.0 Å². The Bertz CT molecular complexity index is 1170. The Morgan fingerprint density at radius 1 is 1.00 bits per heavy atom. The summed E-state index contributed by atoms with van der Waals surface area (Å²) in [4.78, 5) is 28.5. The Kier molecular flexibility index (Phi) is 7.10. The van der Waals surface area contributed by atoms with E-state index in [4.69, 9.17) is 9.90 Å². The number of aliphatic carboxylic acids is 1. The van der Waals surface area contributed by atoms with Crippen LogP contribution in [0.15, 0.2) is 54.7 Å². The fourth-order valence-corrected chi connectivity index (χ4v) is 4.35. The zero-order valence-electron chi connectivity index (χ0n) is 18.5. The van der Waals surface area contributed by atoms with Crippen molar-refractivity contribution < 1.29 is 27.9 Å². The monoisotopic (exact) mass is 488 g/mol. The van der Waals surface area contributed by atoms with Crippen LogP contribution in [0.3, 0.4) is 0 Å². The highest BCUT2D eigenvalue weighted by Crippen LogP contribution is 2.33. The van der Waals surface area contributed by atoms with Gasteiger partial charge in [0.15, 0.2) is 0 Å². The SMILES string of the molecule is O=C(Nc1ccccc1)c1nnc2n1CC1CN(Cc3ccccn3)CC1C2.O=C(O)C(F)(F)F. The van der Waals surface area contributed by atoms with Crippen LogP contribution >= 0.6 is 0 Å². The summed E-state index contributed by atoms with van der Waals surface area (Å²) in [5.74, 6) is -0.570. The molecule has 1 aromatic carbocycles. The Labute approximate surface area is 198 Å². The molecule has 2 aliphatic rings. The fraction of sp³-hybridized carbons (Fsp3) is 0.348. The molecule has 184 valence electrons. The lowest BCUT2D eigenvalue weighted by atomic mass is 9.89. The van der Waals surface area contributed by atoms with Crippen LogP contribution in [0.2, 0.25) is 0 Å². The van der Waals surface area contributed by atoms with Crippen LogP contribution in [0.4, 0.5) is 18.9 Å². The first-order valence-corrected chi connectivity index (χ1v) is 10.9. The van der Waals surface area contributed by atoms with Crippen molar-refractivity contribution in [3.8, 4) is 0 Å². The molecule has 0 saturated carbocycles. The van der Waals surface area contributed by atoms with Crippen molar-refractivity contribution in [1.82, 2.24) is 24.6 Å². The average molecular weight is 488 g/mol. The van der Waals surface area contributed by atoms with Crippen molar-refractivity contribution in [3.05, 3.63) is 72.1 Å². The highest BCUT2D eigenvalue weighted by molar-refractivity contribution is 6.01. The Hall–Kier alpha value is -3.80. The third kappa shape index (κ3) is 6.01. The molecule has 0 spiro atoms. The highest BCUT2D eigenvalue weighted by Gasteiger charge is 2.39. The molecule has 2 aromatic heterocycles. The second-order valence-electron chi connectivity index (χ2n) is 8.41. The molecule has 5 rings (SSSR count). The second kappa shape index (κ2) is 10.2. The molecule has 9 nitrogen and oxygen atoms in total. The predicted molar refractivity (Wildman–Crippen MR) is 118 cm³/mol. The average Bonchev–Trinajstić information content (AvgIpc) is 3.41. The van der Waals surface area contributed by atoms with Crippen molar-refractivity contribution >= 4 is 17.6 Å². The summed E-state index contributed by atoms with van der Waals surface area (Å²) in [7, 11) is 0. The molecule has 2 aliphatic heterocycles. The van der Waals surface area contributed by atoms with Gasteiger partial charge in [-0.05, 0) is 36.1 Å². The smallest absolute Gasteiger partial charge is 0.475 e. The van der Waals surface area contributed by atoms with Crippen molar-refractivity contribution in [2.45, 2.75) is 25.7 Å². The minimum atomic E-state index is -5.08. The van der Waals surface area contributed by atoms with E-state index in [-0.39, 0.29) is 5.91 Å². The number of halogens is 3. The number of anilines is 1. The summed E-state index contributed by atoms with van der Waals surface area (Å²) in [6, 6.07) is 15.5. The first-order valence-electron chi connectivity index (χ1n) is 10.9. The van der Waals surface area contributed by atoms with Crippen molar-refractivity contribution in [1.29, 1.82) is 0 Å². The maximum Gasteiger partial charge on any atom is 0.490 e. The minimum Gasteiger partial charge on any atom is -0.475 e. The number of carbonyl (C=O) groups is 2. The van der Waals surface area contributed by atoms with Gasteiger partial charge >= 0.3 is 12.1 Å². The van der Waals surface area contributed by atoms with Gasteiger partial charge in [-0.2, -0.15) is 13.2 Å². The zero-order valence-corrected chi connectivity index (χ0v) is 18.5. The largest absolute Gasteiger partial charge is 0.490 e. The first-order chi connectivity index (χ1) is 16.7. The van der Waals surface area contributed by atoms with Gasteiger partial charge in [0, 0.05) is 44.5 Å². The topological polar surface area (TPSA) is 113 Å². The van der Waals surface area contributed by atoms with Gasteiger partial charge in [-0.25, -0.2) is 4.79 Å². The number of nitrogens with one attached hydrogen (secondary N) is 1. The third-order valence-electron chi connectivity index (χ3n) is 5.93. The van der Waals surface area contributed by atoms with Crippen LogP contribution in [0, 0.1) is 11.8 Å². The number of aromatic nitrogens is 4. The van der Waals surface area contributed by atoms with Crippen molar-refractivity contribution in [3.63, 3.8) is 0 Å². The van der Waals surface area contributed by atoms with Crippen molar-refractivity contribution in [2.24, 2.45) is 11.8 Å².